The van der Waals surface area contributed by atoms with Gasteiger partial charge in [-0.25, -0.2) is 21.2 Å². The Morgan fingerprint density at radius 2 is 1.69 bits per heavy atom. The molecule has 2 aromatic rings. The van der Waals surface area contributed by atoms with Crippen LogP contribution in [0.3, 0.4) is 0 Å². The van der Waals surface area contributed by atoms with Crippen LogP contribution in [0.1, 0.15) is 32.6 Å². The first-order chi connectivity index (χ1) is 17.1. The summed E-state index contributed by atoms with van der Waals surface area (Å²) in [5, 5.41) is 2.63. The number of amides is 1. The van der Waals surface area contributed by atoms with Crippen LogP contribution in [0.15, 0.2) is 53.4 Å². The Labute approximate surface area is 212 Å². The molecule has 0 radical (unpaired) electrons. The molecule has 198 valence electrons. The number of nitrogens with one attached hydrogen (secondary N) is 1. The standard InChI is InChI=1S/C24H32FN3O6S2/c1-3-22(28(35(2,30)31)23-10-6-5-9-21(23)25)24(29)26-15-18-34-19-11-13-20(14-12-19)36(32,33)27-16-7-4-8-17-27/h5-6,9-14,22H,3-4,7-8,15-18H2,1-2H3,(H,26,29)/t22-/m1/s1. The summed E-state index contributed by atoms with van der Waals surface area (Å²) in [6, 6.07) is 10.3. The molecule has 0 saturated carbocycles. The smallest absolute Gasteiger partial charge is 0.244 e. The van der Waals surface area contributed by atoms with Gasteiger partial charge in [0.25, 0.3) is 0 Å². The van der Waals surface area contributed by atoms with E-state index in [1.807, 2.05) is 0 Å². The van der Waals surface area contributed by atoms with E-state index in [-0.39, 0.29) is 30.2 Å². The summed E-state index contributed by atoms with van der Waals surface area (Å²) in [6.07, 6.45) is 3.79. The molecule has 0 unspecified atom stereocenters. The molecule has 1 amide bonds. The summed E-state index contributed by atoms with van der Waals surface area (Å²) in [7, 11) is -7.48. The molecular formula is C24H32FN3O6S2. The molecule has 1 saturated heterocycles. The fraction of sp³-hybridized carbons (Fsp3) is 0.458. The van der Waals surface area contributed by atoms with E-state index in [1.165, 1.54) is 34.6 Å². The number of hydrogen-bond donors (Lipinski definition) is 1. The Morgan fingerprint density at radius 1 is 1.06 bits per heavy atom. The van der Waals surface area contributed by atoms with E-state index in [9.17, 15) is 26.0 Å². The van der Waals surface area contributed by atoms with Gasteiger partial charge in [0, 0.05) is 13.1 Å². The zero-order chi connectivity index (χ0) is 26.3. The first kappa shape index (κ1) is 27.9. The second-order valence-electron chi connectivity index (χ2n) is 8.51. The molecular weight excluding hydrogens is 509 g/mol. The van der Waals surface area contributed by atoms with Gasteiger partial charge in [-0.3, -0.25) is 9.10 Å². The number of ether oxygens (including phenoxy) is 1. The number of piperidine rings is 1. The maximum atomic E-state index is 14.3. The van der Waals surface area contributed by atoms with Gasteiger partial charge in [0.1, 0.15) is 24.2 Å². The lowest BCUT2D eigenvalue weighted by atomic mass is 10.2. The predicted octanol–water partition coefficient (Wildman–Crippen LogP) is 2.74. The molecule has 1 aliphatic rings. The first-order valence-corrected chi connectivity index (χ1v) is 15.1. The summed E-state index contributed by atoms with van der Waals surface area (Å²) in [6.45, 7) is 2.82. The largest absolute Gasteiger partial charge is 0.492 e. The van der Waals surface area contributed by atoms with E-state index >= 15 is 0 Å². The van der Waals surface area contributed by atoms with Gasteiger partial charge < -0.3 is 10.1 Å². The third-order valence-corrected chi connectivity index (χ3v) is 8.94. The van der Waals surface area contributed by atoms with Gasteiger partial charge in [-0.1, -0.05) is 25.5 Å². The second-order valence-corrected chi connectivity index (χ2v) is 12.3. The first-order valence-electron chi connectivity index (χ1n) is 11.8. The molecule has 12 heteroatoms. The highest BCUT2D eigenvalue weighted by Gasteiger charge is 2.33. The fourth-order valence-corrected chi connectivity index (χ4v) is 6.82. The van der Waals surface area contributed by atoms with Crippen LogP contribution in [0.5, 0.6) is 5.75 Å². The highest BCUT2D eigenvalue weighted by atomic mass is 32.2. The van der Waals surface area contributed by atoms with E-state index in [4.69, 9.17) is 4.74 Å². The fourth-order valence-electron chi connectivity index (χ4n) is 4.09. The van der Waals surface area contributed by atoms with Gasteiger partial charge in [-0.15, -0.1) is 0 Å². The highest BCUT2D eigenvalue weighted by Crippen LogP contribution is 2.26. The van der Waals surface area contributed by atoms with Gasteiger partial charge in [0.15, 0.2) is 0 Å². The number of carbonyl (C=O) groups is 1. The molecule has 0 aliphatic carbocycles. The van der Waals surface area contributed by atoms with Crippen LogP contribution in [0.25, 0.3) is 0 Å². The van der Waals surface area contributed by atoms with Crippen molar-refractivity contribution in [1.29, 1.82) is 0 Å². The molecule has 9 nitrogen and oxygen atoms in total. The minimum Gasteiger partial charge on any atom is -0.492 e. The maximum Gasteiger partial charge on any atom is 0.244 e. The Bertz CT molecular complexity index is 1250. The molecule has 0 bridgehead atoms. The van der Waals surface area contributed by atoms with Crippen LogP contribution in [-0.4, -0.2) is 65.6 Å². The Hall–Kier alpha value is -2.70. The number of halogens is 1. The molecule has 0 spiro atoms. The van der Waals surface area contributed by atoms with Crippen molar-refractivity contribution in [3.05, 3.63) is 54.3 Å². The van der Waals surface area contributed by atoms with Crippen LogP contribution in [0, 0.1) is 5.82 Å². The molecule has 36 heavy (non-hydrogen) atoms. The zero-order valence-electron chi connectivity index (χ0n) is 20.4. The van der Waals surface area contributed by atoms with Crippen LogP contribution < -0.4 is 14.4 Å². The number of rotatable bonds is 11. The number of sulfonamides is 2. The molecule has 3 rings (SSSR count). The van der Waals surface area contributed by atoms with E-state index in [1.54, 1.807) is 19.1 Å². The third-order valence-electron chi connectivity index (χ3n) is 5.87. The monoisotopic (exact) mass is 541 g/mol. The molecule has 1 atom stereocenters. The highest BCUT2D eigenvalue weighted by molar-refractivity contribution is 7.92. The summed E-state index contributed by atoms with van der Waals surface area (Å²) >= 11 is 0. The van der Waals surface area contributed by atoms with Crippen molar-refractivity contribution in [3.63, 3.8) is 0 Å². The molecule has 1 heterocycles. The predicted molar refractivity (Wildman–Crippen MR) is 135 cm³/mol. The van der Waals surface area contributed by atoms with Gasteiger partial charge in [-0.05, 0) is 55.7 Å². The second kappa shape index (κ2) is 12.0. The number of para-hydroxylation sites is 1. The van der Waals surface area contributed by atoms with Crippen LogP contribution >= 0.6 is 0 Å². The lowest BCUT2D eigenvalue weighted by molar-refractivity contribution is -0.122. The van der Waals surface area contributed by atoms with Crippen molar-refractivity contribution >= 4 is 31.6 Å². The van der Waals surface area contributed by atoms with Crippen molar-refractivity contribution in [2.75, 3.05) is 36.8 Å². The van der Waals surface area contributed by atoms with Crippen molar-refractivity contribution < 1.29 is 30.8 Å². The lowest BCUT2D eigenvalue weighted by Crippen LogP contribution is -2.50. The minimum atomic E-state index is -3.95. The quantitative estimate of drug-likeness (QED) is 0.438. The molecule has 2 aromatic carbocycles. The third kappa shape index (κ3) is 6.74. The van der Waals surface area contributed by atoms with Crippen molar-refractivity contribution in [3.8, 4) is 5.75 Å². The SMILES string of the molecule is CC[C@H](C(=O)NCCOc1ccc(S(=O)(=O)N2CCCCC2)cc1)N(c1ccccc1F)S(C)(=O)=O. The zero-order valence-corrected chi connectivity index (χ0v) is 22.0. The maximum absolute atomic E-state index is 14.3. The average Bonchev–Trinajstić information content (AvgIpc) is 2.85. The summed E-state index contributed by atoms with van der Waals surface area (Å²) < 4.78 is 72.5. The molecule has 0 aromatic heterocycles. The van der Waals surface area contributed by atoms with E-state index in [0.717, 1.165) is 35.9 Å². The molecule has 1 N–H and O–H groups in total. The summed E-state index contributed by atoms with van der Waals surface area (Å²) in [4.78, 5) is 13.0. The normalized spacial score (nSPS) is 15.8. The number of hydrogen-bond acceptors (Lipinski definition) is 6. The number of benzene rings is 2. The summed E-state index contributed by atoms with van der Waals surface area (Å²) in [5.41, 5.74) is -0.196. The summed E-state index contributed by atoms with van der Waals surface area (Å²) in [5.74, 6) is -0.904. The topological polar surface area (TPSA) is 113 Å². The van der Waals surface area contributed by atoms with Gasteiger partial charge in [-0.2, -0.15) is 4.31 Å². The molecule has 1 aliphatic heterocycles. The Balaban J connectivity index is 1.58. The van der Waals surface area contributed by atoms with Crippen molar-refractivity contribution in [2.45, 2.75) is 43.5 Å². The number of carbonyl (C=O) groups excluding carboxylic acids is 1. The van der Waals surface area contributed by atoms with Gasteiger partial charge >= 0.3 is 0 Å². The van der Waals surface area contributed by atoms with Crippen molar-refractivity contribution in [1.82, 2.24) is 9.62 Å². The minimum absolute atomic E-state index is 0.0675. The Morgan fingerprint density at radius 3 is 2.28 bits per heavy atom. The van der Waals surface area contributed by atoms with E-state index in [2.05, 4.69) is 5.32 Å². The van der Waals surface area contributed by atoms with Gasteiger partial charge in [0.2, 0.25) is 26.0 Å². The number of anilines is 1. The van der Waals surface area contributed by atoms with Crippen LogP contribution in [0.4, 0.5) is 10.1 Å². The Kier molecular flexibility index (Phi) is 9.31. The van der Waals surface area contributed by atoms with Gasteiger partial charge in [0.05, 0.1) is 23.4 Å². The van der Waals surface area contributed by atoms with Crippen LogP contribution in [-0.2, 0) is 24.8 Å². The lowest BCUT2D eigenvalue weighted by Gasteiger charge is -2.30. The van der Waals surface area contributed by atoms with E-state index in [0.29, 0.717) is 18.8 Å². The molecule has 1 fully saturated rings. The number of nitrogens with zero attached hydrogens (tertiary/aromatic N) is 2. The van der Waals surface area contributed by atoms with Crippen LogP contribution in [0.2, 0.25) is 0 Å². The van der Waals surface area contributed by atoms with E-state index < -0.39 is 37.8 Å². The van der Waals surface area contributed by atoms with Crippen molar-refractivity contribution in [2.24, 2.45) is 0 Å². The average molecular weight is 542 g/mol.